The first-order valence-electron chi connectivity index (χ1n) is 8.26. The number of carbonyl (C=O) groups excluding carboxylic acids is 1. The average Bonchev–Trinajstić information content (AvgIpc) is 3.11. The molecule has 1 amide bonds. The van der Waals surface area contributed by atoms with E-state index >= 15 is 0 Å². The summed E-state index contributed by atoms with van der Waals surface area (Å²) in [6.45, 7) is 0. The molecule has 3 heterocycles. The van der Waals surface area contributed by atoms with Gasteiger partial charge in [-0.1, -0.05) is 30.5 Å². The fourth-order valence-electron chi connectivity index (χ4n) is 4.25. The Morgan fingerprint density at radius 2 is 2.04 bits per heavy atom. The Morgan fingerprint density at radius 1 is 1.25 bits per heavy atom. The van der Waals surface area contributed by atoms with Crippen LogP contribution < -0.4 is 0 Å². The Bertz CT molecular complexity index is 819. The average molecular weight is 348 g/mol. The lowest BCUT2D eigenvalue weighted by molar-refractivity contribution is -0.141. The number of rotatable bonds is 2. The van der Waals surface area contributed by atoms with E-state index < -0.39 is 12.0 Å². The SMILES string of the molecule is O=C(O)[C@@H]1C[C@@H]2CCCC[C@H]2N1C(=O)c1c(Cl)nc2ccccn12. The van der Waals surface area contributed by atoms with Crippen molar-refractivity contribution in [2.24, 2.45) is 5.92 Å². The highest BCUT2D eigenvalue weighted by atomic mass is 35.5. The molecule has 2 aromatic heterocycles. The largest absolute Gasteiger partial charge is 0.480 e. The van der Waals surface area contributed by atoms with E-state index in [1.54, 1.807) is 27.6 Å². The third-order valence-electron chi connectivity index (χ3n) is 5.30. The van der Waals surface area contributed by atoms with Crippen LogP contribution in [0.2, 0.25) is 5.15 Å². The van der Waals surface area contributed by atoms with Crippen molar-refractivity contribution >= 4 is 29.1 Å². The lowest BCUT2D eigenvalue weighted by Crippen LogP contribution is -2.46. The molecule has 2 aromatic rings. The van der Waals surface area contributed by atoms with Crippen LogP contribution in [0.3, 0.4) is 0 Å². The fraction of sp³-hybridized carbons (Fsp3) is 0.471. The third kappa shape index (κ3) is 2.28. The minimum Gasteiger partial charge on any atom is -0.480 e. The summed E-state index contributed by atoms with van der Waals surface area (Å²) in [6.07, 6.45) is 6.23. The topological polar surface area (TPSA) is 74.9 Å². The van der Waals surface area contributed by atoms with Crippen LogP contribution in [0.1, 0.15) is 42.6 Å². The summed E-state index contributed by atoms with van der Waals surface area (Å²) in [5, 5.41) is 9.73. The number of aromatic nitrogens is 2. The van der Waals surface area contributed by atoms with Crippen LogP contribution in [0, 0.1) is 5.92 Å². The smallest absolute Gasteiger partial charge is 0.326 e. The van der Waals surface area contributed by atoms with Crippen molar-refractivity contribution in [1.29, 1.82) is 0 Å². The van der Waals surface area contributed by atoms with Crippen LogP contribution in [0.25, 0.3) is 5.65 Å². The first-order valence-corrected chi connectivity index (χ1v) is 8.64. The zero-order valence-electron chi connectivity index (χ0n) is 13.1. The maximum Gasteiger partial charge on any atom is 0.326 e. The van der Waals surface area contributed by atoms with Gasteiger partial charge in [-0.3, -0.25) is 9.20 Å². The van der Waals surface area contributed by atoms with Gasteiger partial charge in [0.2, 0.25) is 0 Å². The second-order valence-electron chi connectivity index (χ2n) is 6.59. The number of pyridine rings is 1. The van der Waals surface area contributed by atoms with Gasteiger partial charge in [0.15, 0.2) is 10.8 Å². The third-order valence-corrected chi connectivity index (χ3v) is 5.56. The van der Waals surface area contributed by atoms with Crippen molar-refractivity contribution in [3.05, 3.63) is 35.2 Å². The quantitative estimate of drug-likeness (QED) is 0.906. The minimum absolute atomic E-state index is 0.0160. The van der Waals surface area contributed by atoms with Crippen molar-refractivity contribution in [3.8, 4) is 0 Å². The maximum atomic E-state index is 13.2. The first kappa shape index (κ1) is 15.4. The van der Waals surface area contributed by atoms with Gasteiger partial charge in [-0.15, -0.1) is 0 Å². The molecule has 0 spiro atoms. The van der Waals surface area contributed by atoms with Crippen molar-refractivity contribution in [2.45, 2.75) is 44.2 Å². The molecule has 6 nitrogen and oxygen atoms in total. The number of carboxylic acid groups (broad SMARTS) is 1. The van der Waals surface area contributed by atoms with Crippen LogP contribution in [0.5, 0.6) is 0 Å². The van der Waals surface area contributed by atoms with Crippen molar-refractivity contribution < 1.29 is 14.7 Å². The highest BCUT2D eigenvalue weighted by Gasteiger charge is 2.48. The molecule has 2 fully saturated rings. The second-order valence-corrected chi connectivity index (χ2v) is 6.95. The van der Waals surface area contributed by atoms with E-state index in [-0.39, 0.29) is 28.7 Å². The Balaban J connectivity index is 1.78. The van der Waals surface area contributed by atoms with E-state index in [1.165, 1.54) is 0 Å². The lowest BCUT2D eigenvalue weighted by atomic mass is 9.84. The Hall–Kier alpha value is -2.08. The summed E-state index contributed by atoms with van der Waals surface area (Å²) in [7, 11) is 0. The maximum absolute atomic E-state index is 13.2. The summed E-state index contributed by atoms with van der Waals surface area (Å²) in [5.41, 5.74) is 0.835. The van der Waals surface area contributed by atoms with E-state index in [1.807, 2.05) is 6.07 Å². The summed E-state index contributed by atoms with van der Waals surface area (Å²) in [4.78, 5) is 30.7. The van der Waals surface area contributed by atoms with Crippen LogP contribution >= 0.6 is 11.6 Å². The van der Waals surface area contributed by atoms with Crippen molar-refractivity contribution in [1.82, 2.24) is 14.3 Å². The highest BCUT2D eigenvalue weighted by molar-refractivity contribution is 6.32. The number of fused-ring (bicyclic) bond motifs is 2. The normalized spacial score (nSPS) is 26.5. The molecule has 1 saturated carbocycles. The summed E-state index contributed by atoms with van der Waals surface area (Å²) in [5.74, 6) is -1.01. The fourth-order valence-corrected chi connectivity index (χ4v) is 4.51. The molecule has 126 valence electrons. The minimum atomic E-state index is -0.942. The number of nitrogens with zero attached hydrogens (tertiary/aromatic N) is 3. The number of amides is 1. The van der Waals surface area contributed by atoms with E-state index in [0.29, 0.717) is 12.1 Å². The molecular weight excluding hydrogens is 330 g/mol. The Morgan fingerprint density at radius 3 is 2.83 bits per heavy atom. The number of halogens is 1. The van der Waals surface area contributed by atoms with E-state index in [2.05, 4.69) is 4.98 Å². The molecule has 1 saturated heterocycles. The van der Waals surface area contributed by atoms with Crippen molar-refractivity contribution in [2.75, 3.05) is 0 Å². The van der Waals surface area contributed by atoms with Gasteiger partial charge in [-0.2, -0.15) is 0 Å². The molecule has 0 bridgehead atoms. The molecule has 0 radical (unpaired) electrons. The van der Waals surface area contributed by atoms with Gasteiger partial charge < -0.3 is 10.0 Å². The van der Waals surface area contributed by atoms with Crippen molar-refractivity contribution in [3.63, 3.8) is 0 Å². The number of carboxylic acids is 1. The molecular formula is C17H18ClN3O3. The molecule has 0 aromatic carbocycles. The molecule has 4 rings (SSSR count). The zero-order chi connectivity index (χ0) is 16.8. The van der Waals surface area contributed by atoms with E-state index in [9.17, 15) is 14.7 Å². The summed E-state index contributed by atoms with van der Waals surface area (Å²) < 4.78 is 1.64. The highest BCUT2D eigenvalue weighted by Crippen LogP contribution is 2.41. The number of likely N-dealkylation sites (tertiary alicyclic amines) is 1. The van der Waals surface area contributed by atoms with Crippen LogP contribution in [-0.2, 0) is 4.79 Å². The lowest BCUT2D eigenvalue weighted by Gasteiger charge is -2.32. The van der Waals surface area contributed by atoms with E-state index in [0.717, 1.165) is 25.7 Å². The monoisotopic (exact) mass is 347 g/mol. The molecule has 1 aliphatic heterocycles. The van der Waals surface area contributed by atoms with Gasteiger partial charge in [0.05, 0.1) is 0 Å². The van der Waals surface area contributed by atoms with Crippen LogP contribution in [-0.4, -0.2) is 43.4 Å². The van der Waals surface area contributed by atoms with Gasteiger partial charge >= 0.3 is 5.97 Å². The Labute approximate surface area is 144 Å². The molecule has 2 aliphatic rings. The number of imidazole rings is 1. The number of hydrogen-bond acceptors (Lipinski definition) is 3. The van der Waals surface area contributed by atoms with Gasteiger partial charge in [0, 0.05) is 12.2 Å². The standard InChI is InChI=1S/C17H18ClN3O3/c18-15-14(20-8-4-3-7-13(20)19-15)16(22)21-11-6-2-1-5-10(11)9-12(21)17(23)24/h3-4,7-8,10-12H,1-2,5-6,9H2,(H,23,24)/t10-,11+,12-/m0/s1. The zero-order valence-corrected chi connectivity index (χ0v) is 13.8. The Kier molecular flexibility index (Phi) is 3.72. The predicted molar refractivity (Wildman–Crippen MR) is 88.2 cm³/mol. The number of carbonyl (C=O) groups is 2. The molecule has 24 heavy (non-hydrogen) atoms. The second kappa shape index (κ2) is 5.77. The molecule has 7 heteroatoms. The number of aliphatic carboxylic acids is 1. The molecule has 0 unspecified atom stereocenters. The van der Waals surface area contributed by atoms with Crippen LogP contribution in [0.4, 0.5) is 0 Å². The first-order chi connectivity index (χ1) is 11.6. The van der Waals surface area contributed by atoms with Gasteiger partial charge in [0.1, 0.15) is 11.7 Å². The molecule has 1 N–H and O–H groups in total. The van der Waals surface area contributed by atoms with Crippen LogP contribution in [0.15, 0.2) is 24.4 Å². The molecule has 1 aliphatic carbocycles. The van der Waals surface area contributed by atoms with E-state index in [4.69, 9.17) is 11.6 Å². The predicted octanol–water partition coefficient (Wildman–Crippen LogP) is 2.85. The van der Waals surface area contributed by atoms with Gasteiger partial charge in [-0.05, 0) is 37.3 Å². The van der Waals surface area contributed by atoms with Gasteiger partial charge in [0.25, 0.3) is 5.91 Å². The summed E-state index contributed by atoms with van der Waals surface area (Å²) in [6, 6.07) is 4.59. The number of hydrogen-bond donors (Lipinski definition) is 1. The van der Waals surface area contributed by atoms with Gasteiger partial charge in [-0.25, -0.2) is 9.78 Å². The summed E-state index contributed by atoms with van der Waals surface area (Å²) >= 11 is 6.22. The molecule has 3 atom stereocenters.